The molecule has 1 aliphatic heterocycles. The molecule has 2 rings (SSSR count). The Morgan fingerprint density at radius 2 is 1.96 bits per heavy atom. The Kier molecular flexibility index (Phi) is 6.71. The number of hydrogen-bond donors (Lipinski definition) is 1. The van der Waals surface area contributed by atoms with Gasteiger partial charge in [0.1, 0.15) is 0 Å². The van der Waals surface area contributed by atoms with Gasteiger partial charge in [0, 0.05) is 13.1 Å². The van der Waals surface area contributed by atoms with E-state index in [1.165, 1.54) is 16.9 Å². The van der Waals surface area contributed by atoms with E-state index in [4.69, 9.17) is 0 Å². The molecule has 1 atom stereocenters. The second-order valence-electron chi connectivity index (χ2n) is 6.00. The summed E-state index contributed by atoms with van der Waals surface area (Å²) in [6, 6.07) is 8.23. The van der Waals surface area contributed by atoms with Crippen LogP contribution in [0.2, 0.25) is 0 Å². The summed E-state index contributed by atoms with van der Waals surface area (Å²) in [5.74, 6) is -0.327. The number of carbonyl (C=O) groups excluding carboxylic acids is 3. The monoisotopic (exact) mass is 360 g/mol. The molecule has 26 heavy (non-hydrogen) atoms. The first-order valence-corrected chi connectivity index (χ1v) is 8.53. The summed E-state index contributed by atoms with van der Waals surface area (Å²) in [4.78, 5) is 39.6. The number of unbranched alkanes of at least 4 members (excludes halogenated alkanes) is 1. The zero-order chi connectivity index (χ0) is 19.1. The molecule has 1 aromatic carbocycles. The molecule has 0 bridgehead atoms. The first kappa shape index (κ1) is 19.4. The van der Waals surface area contributed by atoms with Crippen LogP contribution in [0.4, 0.5) is 9.59 Å². The minimum atomic E-state index is -0.850. The van der Waals surface area contributed by atoms with Crippen LogP contribution in [0.25, 0.3) is 0 Å². The highest BCUT2D eigenvalue weighted by Gasteiger charge is 2.46. The maximum Gasteiger partial charge on any atom is 0.427 e. The summed E-state index contributed by atoms with van der Waals surface area (Å²) < 4.78 is 4.47. The molecule has 0 aromatic heterocycles. The lowest BCUT2D eigenvalue weighted by Crippen LogP contribution is -2.40. The van der Waals surface area contributed by atoms with Crippen LogP contribution in [-0.4, -0.2) is 53.2 Å². The topological polar surface area (TPSA) is 91.3 Å². The lowest BCUT2D eigenvalue weighted by Gasteiger charge is -2.21. The van der Waals surface area contributed by atoms with Crippen molar-refractivity contribution in [1.82, 2.24) is 15.2 Å². The number of ether oxygens (including phenoxy) is 1. The molecule has 140 valence electrons. The molecular weight excluding hydrogens is 336 g/mol. The molecule has 0 radical (unpaired) electrons. The van der Waals surface area contributed by atoms with Gasteiger partial charge >= 0.3 is 12.1 Å². The van der Waals surface area contributed by atoms with Gasteiger partial charge in [-0.2, -0.15) is 5.10 Å². The SMILES string of the molecule is CCCCN1C(=O)C(/C(C)=N/NC(=O)OC)N(Cc2ccccc2)C1=O. The number of amides is 4. The fraction of sp³-hybridized carbons (Fsp3) is 0.444. The zero-order valence-corrected chi connectivity index (χ0v) is 15.3. The standard InChI is InChI=1S/C18H24N4O4/c1-4-5-11-21-16(23)15(13(2)19-20-17(24)26-3)22(18(21)25)12-14-9-7-6-8-10-14/h6-10,15H,4-5,11-12H2,1-3H3,(H,20,24)/b19-13+. The van der Waals surface area contributed by atoms with E-state index in [0.29, 0.717) is 12.3 Å². The summed E-state index contributed by atoms with van der Waals surface area (Å²) in [7, 11) is 1.22. The lowest BCUT2D eigenvalue weighted by molar-refractivity contribution is -0.126. The van der Waals surface area contributed by atoms with Crippen molar-refractivity contribution in [3.05, 3.63) is 35.9 Å². The Morgan fingerprint density at radius 1 is 1.27 bits per heavy atom. The highest BCUT2D eigenvalue weighted by atomic mass is 16.5. The van der Waals surface area contributed by atoms with Crippen molar-refractivity contribution < 1.29 is 19.1 Å². The third-order valence-corrected chi connectivity index (χ3v) is 4.12. The van der Waals surface area contributed by atoms with Crippen LogP contribution >= 0.6 is 0 Å². The van der Waals surface area contributed by atoms with Crippen LogP contribution in [0, 0.1) is 0 Å². The Bertz CT molecular complexity index is 690. The van der Waals surface area contributed by atoms with Crippen molar-refractivity contribution in [3.63, 3.8) is 0 Å². The van der Waals surface area contributed by atoms with Gasteiger partial charge in [0.05, 0.1) is 12.8 Å². The number of hydrazone groups is 1. The number of carbonyl (C=O) groups is 3. The van der Waals surface area contributed by atoms with E-state index in [2.05, 4.69) is 15.3 Å². The highest BCUT2D eigenvalue weighted by molar-refractivity contribution is 6.17. The highest BCUT2D eigenvalue weighted by Crippen LogP contribution is 2.22. The van der Waals surface area contributed by atoms with Crippen molar-refractivity contribution in [2.24, 2.45) is 5.10 Å². The second-order valence-corrected chi connectivity index (χ2v) is 6.00. The molecule has 0 aliphatic carbocycles. The number of benzene rings is 1. The van der Waals surface area contributed by atoms with Crippen LogP contribution in [0.15, 0.2) is 35.4 Å². The van der Waals surface area contributed by atoms with Crippen molar-refractivity contribution in [2.75, 3.05) is 13.7 Å². The molecule has 8 heteroatoms. The molecule has 0 saturated carbocycles. The molecular formula is C18H24N4O4. The van der Waals surface area contributed by atoms with Gasteiger partial charge in [-0.3, -0.25) is 9.69 Å². The van der Waals surface area contributed by atoms with E-state index in [9.17, 15) is 14.4 Å². The minimum absolute atomic E-state index is 0.282. The number of imide groups is 1. The first-order chi connectivity index (χ1) is 12.5. The smallest absolute Gasteiger partial charge is 0.427 e. The third kappa shape index (κ3) is 4.38. The van der Waals surface area contributed by atoms with Crippen molar-refractivity contribution >= 4 is 23.7 Å². The average molecular weight is 360 g/mol. The zero-order valence-electron chi connectivity index (χ0n) is 15.3. The maximum absolute atomic E-state index is 12.8. The summed E-state index contributed by atoms with van der Waals surface area (Å²) in [5, 5.41) is 3.92. The number of methoxy groups -OCH3 is 1. The molecule has 1 heterocycles. The predicted octanol–water partition coefficient (Wildman–Crippen LogP) is 2.35. The number of rotatable bonds is 7. The van der Waals surface area contributed by atoms with Gasteiger partial charge in [-0.1, -0.05) is 43.7 Å². The molecule has 4 amide bonds. The van der Waals surface area contributed by atoms with Crippen LogP contribution in [0.1, 0.15) is 32.3 Å². The molecule has 1 N–H and O–H groups in total. The van der Waals surface area contributed by atoms with E-state index in [-0.39, 0.29) is 18.5 Å². The molecule has 0 spiro atoms. The Hall–Kier alpha value is -2.90. The quantitative estimate of drug-likeness (QED) is 0.459. The van der Waals surface area contributed by atoms with E-state index in [1.54, 1.807) is 6.92 Å². The maximum atomic E-state index is 12.8. The van der Waals surface area contributed by atoms with E-state index in [1.807, 2.05) is 37.3 Å². The minimum Gasteiger partial charge on any atom is -0.452 e. The van der Waals surface area contributed by atoms with Gasteiger partial charge in [0.25, 0.3) is 5.91 Å². The molecule has 8 nitrogen and oxygen atoms in total. The van der Waals surface area contributed by atoms with E-state index in [0.717, 1.165) is 18.4 Å². The molecule has 1 unspecified atom stereocenters. The van der Waals surface area contributed by atoms with Gasteiger partial charge in [-0.15, -0.1) is 0 Å². The molecule has 1 fully saturated rings. The van der Waals surface area contributed by atoms with Crippen LogP contribution in [-0.2, 0) is 16.1 Å². The van der Waals surface area contributed by atoms with E-state index < -0.39 is 12.1 Å². The largest absolute Gasteiger partial charge is 0.452 e. The molecule has 1 aromatic rings. The van der Waals surface area contributed by atoms with E-state index >= 15 is 0 Å². The van der Waals surface area contributed by atoms with Crippen LogP contribution < -0.4 is 5.43 Å². The summed E-state index contributed by atoms with van der Waals surface area (Å²) in [6.07, 6.45) is 0.871. The van der Waals surface area contributed by atoms with Crippen LogP contribution in [0.3, 0.4) is 0 Å². The molecule has 1 aliphatic rings. The number of urea groups is 1. The first-order valence-electron chi connectivity index (χ1n) is 8.53. The van der Waals surface area contributed by atoms with Gasteiger partial charge in [-0.05, 0) is 18.9 Å². The van der Waals surface area contributed by atoms with Crippen molar-refractivity contribution in [2.45, 2.75) is 39.3 Å². The summed E-state index contributed by atoms with van der Waals surface area (Å²) in [5.41, 5.74) is 3.43. The summed E-state index contributed by atoms with van der Waals surface area (Å²) in [6.45, 7) is 4.25. The van der Waals surface area contributed by atoms with Gasteiger partial charge in [0.2, 0.25) is 0 Å². The summed E-state index contributed by atoms with van der Waals surface area (Å²) >= 11 is 0. The van der Waals surface area contributed by atoms with Crippen molar-refractivity contribution in [3.8, 4) is 0 Å². The lowest BCUT2D eigenvalue weighted by atomic mass is 10.1. The van der Waals surface area contributed by atoms with Gasteiger partial charge in [-0.25, -0.2) is 15.0 Å². The Balaban J connectivity index is 2.27. The Morgan fingerprint density at radius 3 is 2.58 bits per heavy atom. The molecule has 1 saturated heterocycles. The Labute approximate surface area is 152 Å². The predicted molar refractivity (Wildman–Crippen MR) is 96.4 cm³/mol. The van der Waals surface area contributed by atoms with Crippen molar-refractivity contribution in [1.29, 1.82) is 0 Å². The fourth-order valence-corrected chi connectivity index (χ4v) is 2.75. The second kappa shape index (κ2) is 8.98. The normalized spacial score (nSPS) is 17.7. The van der Waals surface area contributed by atoms with Gasteiger partial charge < -0.3 is 9.64 Å². The van der Waals surface area contributed by atoms with Crippen LogP contribution in [0.5, 0.6) is 0 Å². The number of nitrogens with one attached hydrogen (secondary N) is 1. The average Bonchev–Trinajstić information content (AvgIpc) is 2.88. The fourth-order valence-electron chi connectivity index (χ4n) is 2.75. The number of hydrogen-bond acceptors (Lipinski definition) is 5. The number of nitrogens with zero attached hydrogens (tertiary/aromatic N) is 3. The van der Waals surface area contributed by atoms with Gasteiger partial charge in [0.15, 0.2) is 6.04 Å². The third-order valence-electron chi connectivity index (χ3n) is 4.12.